The maximum Gasteiger partial charge on any atom is 0.145 e. The lowest BCUT2D eigenvalue weighted by molar-refractivity contribution is 0.611. The van der Waals surface area contributed by atoms with Crippen LogP contribution in [0.4, 0.5) is 10.2 Å². The number of aromatic nitrogens is 1. The lowest BCUT2D eigenvalue weighted by atomic mass is 10.3. The van der Waals surface area contributed by atoms with Crippen LogP contribution >= 0.6 is 15.9 Å². The molecule has 0 aliphatic heterocycles. The van der Waals surface area contributed by atoms with E-state index in [2.05, 4.69) is 20.9 Å². The molecule has 0 bridgehead atoms. The maximum atomic E-state index is 12.6. The molecule has 0 aliphatic carbocycles. The van der Waals surface area contributed by atoms with Crippen molar-refractivity contribution in [2.75, 3.05) is 5.73 Å². The molecule has 54 valence electrons. The third-order valence-corrected chi connectivity index (χ3v) is 2.23. The zero-order chi connectivity index (χ0) is 7.72. The fourth-order valence-electron chi connectivity index (χ4n) is 0.577. The summed E-state index contributed by atoms with van der Waals surface area (Å²) in [5.41, 5.74) is 5.86. The Labute approximate surface area is 66.4 Å². The summed E-state index contributed by atoms with van der Waals surface area (Å²) >= 11 is 3.10. The van der Waals surface area contributed by atoms with Gasteiger partial charge in [-0.1, -0.05) is 0 Å². The van der Waals surface area contributed by atoms with Crippen LogP contribution in [0.25, 0.3) is 0 Å². The van der Waals surface area contributed by atoms with Crippen LogP contribution in [0.3, 0.4) is 0 Å². The van der Waals surface area contributed by atoms with Crippen molar-refractivity contribution >= 4 is 21.7 Å². The first-order valence-electron chi connectivity index (χ1n) is 2.69. The molecule has 0 aromatic carbocycles. The molecule has 0 atom stereocenters. The number of nitrogens with zero attached hydrogens (tertiary/aromatic N) is 1. The van der Waals surface area contributed by atoms with Gasteiger partial charge < -0.3 is 5.73 Å². The van der Waals surface area contributed by atoms with E-state index < -0.39 is 0 Å². The summed E-state index contributed by atoms with van der Waals surface area (Å²) in [5.74, 6) is -0.0278. The molecule has 1 aromatic rings. The van der Waals surface area contributed by atoms with Crippen molar-refractivity contribution in [3.05, 3.63) is 22.1 Å². The molecule has 1 aromatic heterocycles. The molecule has 0 aliphatic rings. The Kier molecular flexibility index (Phi) is 1.89. The van der Waals surface area contributed by atoms with Gasteiger partial charge in [0.25, 0.3) is 0 Å². The lowest BCUT2D eigenvalue weighted by Gasteiger charge is -2.00. The standard InChI is InChI=1S/C6H6BrFN2/c1-3-4(8)2-10-6(9)5(3)7/h2H,1H3,(H2,9,10). The van der Waals surface area contributed by atoms with E-state index in [-0.39, 0.29) is 5.82 Å². The van der Waals surface area contributed by atoms with Gasteiger partial charge in [-0.05, 0) is 22.9 Å². The highest BCUT2D eigenvalue weighted by Crippen LogP contribution is 2.22. The molecule has 0 saturated heterocycles. The number of rotatable bonds is 0. The number of nitrogen functional groups attached to an aromatic ring is 1. The molecule has 0 amide bonds. The molecule has 4 heteroatoms. The van der Waals surface area contributed by atoms with E-state index in [4.69, 9.17) is 5.73 Å². The number of hydrogen-bond donors (Lipinski definition) is 1. The van der Waals surface area contributed by atoms with E-state index in [1.165, 1.54) is 0 Å². The first-order valence-corrected chi connectivity index (χ1v) is 3.48. The summed E-state index contributed by atoms with van der Waals surface area (Å²) in [6, 6.07) is 0. The summed E-state index contributed by atoms with van der Waals surface area (Å²) < 4.78 is 13.1. The zero-order valence-electron chi connectivity index (χ0n) is 5.36. The van der Waals surface area contributed by atoms with Crippen molar-refractivity contribution < 1.29 is 4.39 Å². The third-order valence-electron chi connectivity index (χ3n) is 1.23. The van der Waals surface area contributed by atoms with Gasteiger partial charge in [-0.2, -0.15) is 0 Å². The highest BCUT2D eigenvalue weighted by atomic mass is 79.9. The van der Waals surface area contributed by atoms with Gasteiger partial charge in [-0.15, -0.1) is 0 Å². The minimum Gasteiger partial charge on any atom is -0.383 e. The van der Waals surface area contributed by atoms with Gasteiger partial charge >= 0.3 is 0 Å². The van der Waals surface area contributed by atoms with Gasteiger partial charge in [0.2, 0.25) is 0 Å². The highest BCUT2D eigenvalue weighted by molar-refractivity contribution is 9.10. The minimum atomic E-state index is -0.346. The Morgan fingerprint density at radius 2 is 2.30 bits per heavy atom. The Morgan fingerprint density at radius 3 is 2.80 bits per heavy atom. The highest BCUT2D eigenvalue weighted by Gasteiger charge is 2.04. The summed E-state index contributed by atoms with van der Waals surface area (Å²) in [6.45, 7) is 1.64. The molecule has 0 radical (unpaired) electrons. The molecular weight excluding hydrogens is 199 g/mol. The number of halogens is 2. The quantitative estimate of drug-likeness (QED) is 0.702. The number of pyridine rings is 1. The van der Waals surface area contributed by atoms with Crippen LogP contribution < -0.4 is 5.73 Å². The zero-order valence-corrected chi connectivity index (χ0v) is 6.94. The van der Waals surface area contributed by atoms with E-state index in [1.807, 2.05) is 0 Å². The Bertz CT molecular complexity index is 235. The fraction of sp³-hybridized carbons (Fsp3) is 0.167. The second kappa shape index (κ2) is 2.54. The molecular formula is C6H6BrFN2. The van der Waals surface area contributed by atoms with Crippen molar-refractivity contribution in [2.24, 2.45) is 0 Å². The predicted octanol–water partition coefficient (Wildman–Crippen LogP) is 1.87. The van der Waals surface area contributed by atoms with E-state index in [1.54, 1.807) is 6.92 Å². The lowest BCUT2D eigenvalue weighted by Crippen LogP contribution is -1.95. The molecule has 2 N–H and O–H groups in total. The van der Waals surface area contributed by atoms with Gasteiger partial charge in [0, 0.05) is 5.56 Å². The SMILES string of the molecule is Cc1c(F)cnc(N)c1Br. The van der Waals surface area contributed by atoms with E-state index in [9.17, 15) is 4.39 Å². The van der Waals surface area contributed by atoms with Crippen molar-refractivity contribution in [1.29, 1.82) is 0 Å². The van der Waals surface area contributed by atoms with Gasteiger partial charge in [-0.3, -0.25) is 0 Å². The third kappa shape index (κ3) is 1.11. The molecule has 0 fully saturated rings. The number of hydrogen-bond acceptors (Lipinski definition) is 2. The summed E-state index contributed by atoms with van der Waals surface area (Å²) in [4.78, 5) is 3.59. The molecule has 1 heterocycles. The van der Waals surface area contributed by atoms with Gasteiger partial charge in [0.05, 0.1) is 10.7 Å². The van der Waals surface area contributed by atoms with Gasteiger partial charge in [0.15, 0.2) is 0 Å². The maximum absolute atomic E-state index is 12.6. The summed E-state index contributed by atoms with van der Waals surface area (Å²) in [6.07, 6.45) is 1.11. The second-order valence-corrected chi connectivity index (χ2v) is 2.72. The molecule has 0 unspecified atom stereocenters. The molecule has 1 rings (SSSR count). The fourth-order valence-corrected chi connectivity index (χ4v) is 0.868. The average Bonchev–Trinajstić information content (AvgIpc) is 1.93. The van der Waals surface area contributed by atoms with E-state index in [0.717, 1.165) is 6.20 Å². The van der Waals surface area contributed by atoms with Crippen LogP contribution in [-0.2, 0) is 0 Å². The summed E-state index contributed by atoms with van der Waals surface area (Å²) in [7, 11) is 0. The van der Waals surface area contributed by atoms with Crippen LogP contribution in [0.1, 0.15) is 5.56 Å². The largest absolute Gasteiger partial charge is 0.383 e. The molecule has 0 spiro atoms. The monoisotopic (exact) mass is 204 g/mol. The van der Waals surface area contributed by atoms with E-state index in [0.29, 0.717) is 15.9 Å². The Hall–Kier alpha value is -0.640. The van der Waals surface area contributed by atoms with Crippen molar-refractivity contribution in [3.8, 4) is 0 Å². The second-order valence-electron chi connectivity index (χ2n) is 1.93. The molecule has 10 heavy (non-hydrogen) atoms. The van der Waals surface area contributed by atoms with Crippen molar-refractivity contribution in [2.45, 2.75) is 6.92 Å². The van der Waals surface area contributed by atoms with Gasteiger partial charge in [-0.25, -0.2) is 9.37 Å². The van der Waals surface area contributed by atoms with Crippen LogP contribution in [0.15, 0.2) is 10.7 Å². The average molecular weight is 205 g/mol. The first-order chi connectivity index (χ1) is 4.63. The van der Waals surface area contributed by atoms with Crippen molar-refractivity contribution in [1.82, 2.24) is 4.98 Å². The van der Waals surface area contributed by atoms with Crippen LogP contribution in [0, 0.1) is 12.7 Å². The Morgan fingerprint density at radius 1 is 1.70 bits per heavy atom. The predicted molar refractivity (Wildman–Crippen MR) is 41.0 cm³/mol. The first kappa shape index (κ1) is 7.47. The van der Waals surface area contributed by atoms with Crippen LogP contribution in [0.5, 0.6) is 0 Å². The smallest absolute Gasteiger partial charge is 0.145 e. The number of nitrogens with two attached hydrogens (primary N) is 1. The molecule has 0 saturated carbocycles. The van der Waals surface area contributed by atoms with Crippen LogP contribution in [-0.4, -0.2) is 4.98 Å². The Balaban J connectivity index is 3.34. The molecule has 2 nitrogen and oxygen atoms in total. The minimum absolute atomic E-state index is 0.318. The topological polar surface area (TPSA) is 38.9 Å². The van der Waals surface area contributed by atoms with Crippen molar-refractivity contribution in [3.63, 3.8) is 0 Å². The van der Waals surface area contributed by atoms with Crippen LogP contribution in [0.2, 0.25) is 0 Å². The van der Waals surface area contributed by atoms with Gasteiger partial charge in [0.1, 0.15) is 11.6 Å². The van der Waals surface area contributed by atoms with E-state index >= 15 is 0 Å². The normalized spacial score (nSPS) is 9.90. The summed E-state index contributed by atoms with van der Waals surface area (Å²) in [5, 5.41) is 0. The number of anilines is 1.